The quantitative estimate of drug-likeness (QED) is 0.745. The number of aromatic nitrogens is 2. The van der Waals surface area contributed by atoms with Crippen LogP contribution in [0.15, 0.2) is 12.4 Å². The molecule has 4 heteroatoms. The Bertz CT molecular complexity index is 293. The van der Waals surface area contributed by atoms with Gasteiger partial charge in [-0.1, -0.05) is 32.5 Å². The van der Waals surface area contributed by atoms with Crippen LogP contribution in [0.3, 0.4) is 0 Å². The summed E-state index contributed by atoms with van der Waals surface area (Å²) in [6, 6.07) is 0. The van der Waals surface area contributed by atoms with E-state index in [1.807, 2.05) is 10.8 Å². The molecule has 13 heavy (non-hydrogen) atoms. The monoisotopic (exact) mass is 197 g/mol. The molecule has 0 saturated carbocycles. The average Bonchev–Trinajstić information content (AvgIpc) is 2.52. The molecule has 0 bridgehead atoms. The van der Waals surface area contributed by atoms with Crippen molar-refractivity contribution in [1.82, 2.24) is 9.55 Å². The summed E-state index contributed by atoms with van der Waals surface area (Å²) in [6.45, 7) is 5.30. The normalized spacial score (nSPS) is 12.8. The third kappa shape index (κ3) is 2.52. The molecule has 1 rings (SSSR count). The van der Waals surface area contributed by atoms with Crippen LogP contribution in [-0.2, 0) is 6.54 Å². The van der Waals surface area contributed by atoms with E-state index >= 15 is 0 Å². The molecule has 2 N–H and O–H groups in total. The van der Waals surface area contributed by atoms with Gasteiger partial charge in [-0.2, -0.15) is 0 Å². The van der Waals surface area contributed by atoms with Crippen LogP contribution < -0.4 is 5.73 Å². The number of imidazole rings is 1. The predicted molar refractivity (Wildman–Crippen MR) is 57.6 cm³/mol. The van der Waals surface area contributed by atoms with Gasteiger partial charge in [-0.15, -0.1) is 0 Å². The molecule has 0 radical (unpaired) electrons. The first-order chi connectivity index (χ1) is 6.15. The molecule has 72 valence electrons. The average molecular weight is 197 g/mol. The van der Waals surface area contributed by atoms with Crippen molar-refractivity contribution in [2.75, 3.05) is 0 Å². The molecule has 0 amide bonds. The standard InChI is InChI=1S/C9H15N3S/c1-3-7(2)6-12-5-4-11-9(12)8(10)13/h4-5,7H,3,6H2,1-2H3,(H2,10,13). The van der Waals surface area contributed by atoms with Gasteiger partial charge in [0.05, 0.1) is 0 Å². The molecule has 1 unspecified atom stereocenters. The molecule has 0 fully saturated rings. The van der Waals surface area contributed by atoms with Gasteiger partial charge in [-0.25, -0.2) is 4.98 Å². The minimum Gasteiger partial charge on any atom is -0.387 e. The lowest BCUT2D eigenvalue weighted by Gasteiger charge is -2.11. The third-order valence-electron chi connectivity index (χ3n) is 2.14. The van der Waals surface area contributed by atoms with Gasteiger partial charge >= 0.3 is 0 Å². The molecule has 1 atom stereocenters. The summed E-state index contributed by atoms with van der Waals surface area (Å²) in [6.07, 6.45) is 4.80. The maximum Gasteiger partial charge on any atom is 0.167 e. The Kier molecular flexibility index (Phi) is 3.42. The summed E-state index contributed by atoms with van der Waals surface area (Å²) >= 11 is 4.89. The molecule has 0 aromatic carbocycles. The highest BCUT2D eigenvalue weighted by molar-refractivity contribution is 7.80. The highest BCUT2D eigenvalue weighted by Crippen LogP contribution is 2.07. The van der Waals surface area contributed by atoms with Crippen LogP contribution in [0.5, 0.6) is 0 Å². The maximum absolute atomic E-state index is 5.52. The van der Waals surface area contributed by atoms with E-state index in [-0.39, 0.29) is 0 Å². The summed E-state index contributed by atoms with van der Waals surface area (Å²) in [7, 11) is 0. The molecule has 1 aromatic rings. The van der Waals surface area contributed by atoms with E-state index in [4.69, 9.17) is 18.0 Å². The van der Waals surface area contributed by atoms with Gasteiger partial charge in [0, 0.05) is 18.9 Å². The number of thiocarbonyl (C=S) groups is 1. The zero-order chi connectivity index (χ0) is 9.84. The molecule has 0 saturated heterocycles. The fourth-order valence-corrected chi connectivity index (χ4v) is 1.32. The first kappa shape index (κ1) is 10.2. The van der Waals surface area contributed by atoms with Crippen molar-refractivity contribution in [2.45, 2.75) is 26.8 Å². The Morgan fingerprint density at radius 1 is 1.77 bits per heavy atom. The first-order valence-corrected chi connectivity index (χ1v) is 4.87. The molecule has 1 heterocycles. The van der Waals surface area contributed by atoms with Crippen molar-refractivity contribution in [3.63, 3.8) is 0 Å². The van der Waals surface area contributed by atoms with E-state index in [1.54, 1.807) is 6.20 Å². The lowest BCUT2D eigenvalue weighted by atomic mass is 10.1. The summed E-state index contributed by atoms with van der Waals surface area (Å²) in [5.41, 5.74) is 5.52. The second-order valence-corrected chi connectivity index (χ2v) is 3.72. The van der Waals surface area contributed by atoms with Crippen LogP contribution in [0.25, 0.3) is 0 Å². The minimum absolute atomic E-state index is 0.369. The maximum atomic E-state index is 5.52. The van der Waals surface area contributed by atoms with E-state index in [0.717, 1.165) is 18.8 Å². The van der Waals surface area contributed by atoms with Crippen LogP contribution in [-0.4, -0.2) is 14.5 Å². The van der Waals surface area contributed by atoms with Crippen molar-refractivity contribution in [2.24, 2.45) is 11.7 Å². The Morgan fingerprint density at radius 3 is 3.00 bits per heavy atom. The Morgan fingerprint density at radius 2 is 2.46 bits per heavy atom. The van der Waals surface area contributed by atoms with Crippen LogP contribution in [0, 0.1) is 5.92 Å². The number of hydrogen-bond acceptors (Lipinski definition) is 2. The van der Waals surface area contributed by atoms with Crippen LogP contribution in [0.1, 0.15) is 26.1 Å². The zero-order valence-electron chi connectivity index (χ0n) is 8.03. The van der Waals surface area contributed by atoms with Crippen LogP contribution >= 0.6 is 12.2 Å². The summed E-state index contributed by atoms with van der Waals surface area (Å²) in [5, 5.41) is 0. The number of nitrogens with zero attached hydrogens (tertiary/aromatic N) is 2. The summed E-state index contributed by atoms with van der Waals surface area (Å²) in [4.78, 5) is 4.47. The lowest BCUT2D eigenvalue weighted by molar-refractivity contribution is 0.467. The van der Waals surface area contributed by atoms with E-state index in [9.17, 15) is 0 Å². The van der Waals surface area contributed by atoms with Crippen molar-refractivity contribution < 1.29 is 0 Å². The molecule has 0 spiro atoms. The number of hydrogen-bond donors (Lipinski definition) is 1. The Labute approximate surface area is 84.0 Å². The van der Waals surface area contributed by atoms with Gasteiger partial charge in [0.15, 0.2) is 5.82 Å². The van der Waals surface area contributed by atoms with E-state index in [0.29, 0.717) is 10.9 Å². The Balaban J connectivity index is 2.76. The molecular formula is C9H15N3S. The van der Waals surface area contributed by atoms with Crippen molar-refractivity contribution in [1.29, 1.82) is 0 Å². The van der Waals surface area contributed by atoms with Gasteiger partial charge in [0.25, 0.3) is 0 Å². The molecule has 0 aliphatic carbocycles. The fraction of sp³-hybridized carbons (Fsp3) is 0.556. The molecule has 3 nitrogen and oxygen atoms in total. The zero-order valence-corrected chi connectivity index (χ0v) is 8.84. The van der Waals surface area contributed by atoms with E-state index in [2.05, 4.69) is 18.8 Å². The van der Waals surface area contributed by atoms with Crippen molar-refractivity contribution >= 4 is 17.2 Å². The highest BCUT2D eigenvalue weighted by Gasteiger charge is 2.07. The number of nitrogens with two attached hydrogens (primary N) is 1. The van der Waals surface area contributed by atoms with E-state index < -0.39 is 0 Å². The molecular weight excluding hydrogens is 182 g/mol. The van der Waals surface area contributed by atoms with Crippen molar-refractivity contribution in [3.05, 3.63) is 18.2 Å². The smallest absolute Gasteiger partial charge is 0.167 e. The summed E-state index contributed by atoms with van der Waals surface area (Å²) < 4.78 is 2.01. The molecule has 0 aliphatic heterocycles. The predicted octanol–water partition coefficient (Wildman–Crippen LogP) is 1.56. The SMILES string of the molecule is CCC(C)Cn1ccnc1C(N)=S. The first-order valence-electron chi connectivity index (χ1n) is 4.46. The van der Waals surface area contributed by atoms with Gasteiger partial charge in [0.2, 0.25) is 0 Å². The lowest BCUT2D eigenvalue weighted by Crippen LogP contribution is -2.18. The largest absolute Gasteiger partial charge is 0.387 e. The topological polar surface area (TPSA) is 43.8 Å². The molecule has 1 aromatic heterocycles. The second-order valence-electron chi connectivity index (χ2n) is 3.28. The Hall–Kier alpha value is -0.900. The number of rotatable bonds is 4. The van der Waals surface area contributed by atoms with Crippen LogP contribution in [0.2, 0.25) is 0 Å². The van der Waals surface area contributed by atoms with Gasteiger partial charge in [-0.3, -0.25) is 0 Å². The van der Waals surface area contributed by atoms with Gasteiger partial charge < -0.3 is 10.3 Å². The van der Waals surface area contributed by atoms with Gasteiger partial charge in [-0.05, 0) is 5.92 Å². The van der Waals surface area contributed by atoms with E-state index in [1.165, 1.54) is 0 Å². The molecule has 0 aliphatic rings. The van der Waals surface area contributed by atoms with Gasteiger partial charge in [0.1, 0.15) is 4.99 Å². The summed E-state index contributed by atoms with van der Waals surface area (Å²) in [5.74, 6) is 1.34. The van der Waals surface area contributed by atoms with Crippen LogP contribution in [0.4, 0.5) is 0 Å². The third-order valence-corrected chi connectivity index (χ3v) is 2.32. The minimum atomic E-state index is 0.369. The highest BCUT2D eigenvalue weighted by atomic mass is 32.1. The van der Waals surface area contributed by atoms with Crippen molar-refractivity contribution in [3.8, 4) is 0 Å². The second kappa shape index (κ2) is 4.37. The fourth-order valence-electron chi connectivity index (χ4n) is 1.15.